The number of hydrogen-bond donors (Lipinski definition) is 0. The Morgan fingerprint density at radius 2 is 2.00 bits per heavy atom. The Morgan fingerprint density at radius 3 is 2.68 bits per heavy atom. The van der Waals surface area contributed by atoms with Crippen LogP contribution in [-0.2, 0) is 0 Å². The van der Waals surface area contributed by atoms with E-state index >= 15 is 0 Å². The zero-order valence-corrected chi connectivity index (χ0v) is 12.1. The first kappa shape index (κ1) is 14.1. The van der Waals surface area contributed by atoms with Gasteiger partial charge in [-0.25, -0.2) is 0 Å². The van der Waals surface area contributed by atoms with Crippen LogP contribution < -0.4 is 4.74 Å². The molecule has 1 saturated carbocycles. The summed E-state index contributed by atoms with van der Waals surface area (Å²) in [4.78, 5) is 11.6. The van der Waals surface area contributed by atoms with Crippen LogP contribution in [0.25, 0.3) is 0 Å². The van der Waals surface area contributed by atoms with E-state index in [0.29, 0.717) is 5.56 Å². The van der Waals surface area contributed by atoms with Crippen molar-refractivity contribution in [1.82, 2.24) is 0 Å². The number of ketones is 1. The molecule has 0 unspecified atom stereocenters. The zero-order valence-electron chi connectivity index (χ0n) is 12.1. The molecule has 0 spiro atoms. The van der Waals surface area contributed by atoms with Gasteiger partial charge >= 0.3 is 0 Å². The first-order chi connectivity index (χ1) is 9.16. The van der Waals surface area contributed by atoms with Crippen molar-refractivity contribution in [3.63, 3.8) is 0 Å². The van der Waals surface area contributed by atoms with E-state index in [9.17, 15) is 4.79 Å². The highest BCUT2D eigenvalue weighted by Crippen LogP contribution is 2.27. The molecule has 1 aliphatic carbocycles. The standard InChI is InChI=1S/C17H24O2/c1-13-8-9-16(14(2)18)17(12-13)19-11-10-15-6-4-3-5-7-15/h8-9,12,15H,3-7,10-11H2,1-2H3. The van der Waals surface area contributed by atoms with Gasteiger partial charge in [-0.05, 0) is 43.9 Å². The van der Waals surface area contributed by atoms with Crippen molar-refractivity contribution < 1.29 is 9.53 Å². The van der Waals surface area contributed by atoms with E-state index < -0.39 is 0 Å². The fourth-order valence-electron chi connectivity index (χ4n) is 2.85. The minimum atomic E-state index is 0.0765. The van der Waals surface area contributed by atoms with Crippen LogP contribution in [0.3, 0.4) is 0 Å². The topological polar surface area (TPSA) is 26.3 Å². The Kier molecular flexibility index (Phi) is 5.00. The average molecular weight is 260 g/mol. The van der Waals surface area contributed by atoms with Gasteiger partial charge in [0.25, 0.3) is 0 Å². The average Bonchev–Trinajstić information content (AvgIpc) is 2.39. The van der Waals surface area contributed by atoms with Crippen LogP contribution in [0, 0.1) is 12.8 Å². The smallest absolute Gasteiger partial charge is 0.163 e. The van der Waals surface area contributed by atoms with Gasteiger partial charge in [0.05, 0.1) is 12.2 Å². The van der Waals surface area contributed by atoms with Crippen LogP contribution in [0.1, 0.15) is 61.4 Å². The lowest BCUT2D eigenvalue weighted by Crippen LogP contribution is -2.11. The molecule has 0 atom stereocenters. The van der Waals surface area contributed by atoms with Crippen LogP contribution >= 0.6 is 0 Å². The number of aryl methyl sites for hydroxylation is 1. The summed E-state index contributed by atoms with van der Waals surface area (Å²) in [5.74, 6) is 1.65. The van der Waals surface area contributed by atoms with Gasteiger partial charge in [0.15, 0.2) is 5.78 Å². The maximum atomic E-state index is 11.6. The first-order valence-corrected chi connectivity index (χ1v) is 7.41. The van der Waals surface area contributed by atoms with Gasteiger partial charge in [-0.15, -0.1) is 0 Å². The monoisotopic (exact) mass is 260 g/mol. The van der Waals surface area contributed by atoms with Crippen molar-refractivity contribution in [2.75, 3.05) is 6.61 Å². The van der Waals surface area contributed by atoms with Crippen molar-refractivity contribution in [3.05, 3.63) is 29.3 Å². The predicted molar refractivity (Wildman–Crippen MR) is 77.9 cm³/mol. The molecule has 1 aromatic carbocycles. The van der Waals surface area contributed by atoms with Crippen LogP contribution in [0.15, 0.2) is 18.2 Å². The lowest BCUT2D eigenvalue weighted by molar-refractivity contribution is 0.101. The lowest BCUT2D eigenvalue weighted by Gasteiger charge is -2.21. The summed E-state index contributed by atoms with van der Waals surface area (Å²) in [5, 5.41) is 0. The summed E-state index contributed by atoms with van der Waals surface area (Å²) in [6.45, 7) is 4.35. The predicted octanol–water partition coefficient (Wildman–Crippen LogP) is 4.55. The summed E-state index contributed by atoms with van der Waals surface area (Å²) in [5.41, 5.74) is 1.84. The second kappa shape index (κ2) is 6.74. The van der Waals surface area contributed by atoms with Gasteiger partial charge in [-0.3, -0.25) is 4.79 Å². The summed E-state index contributed by atoms with van der Waals surface area (Å²) in [6.07, 6.45) is 7.93. The van der Waals surface area contributed by atoms with Crippen LogP contribution in [0.2, 0.25) is 0 Å². The molecule has 0 saturated heterocycles. The van der Waals surface area contributed by atoms with Crippen molar-refractivity contribution in [2.24, 2.45) is 5.92 Å². The van der Waals surface area contributed by atoms with Crippen LogP contribution in [0.5, 0.6) is 5.75 Å². The van der Waals surface area contributed by atoms with Crippen molar-refractivity contribution >= 4 is 5.78 Å². The molecule has 2 heteroatoms. The molecular formula is C17H24O2. The summed E-state index contributed by atoms with van der Waals surface area (Å²) in [6, 6.07) is 5.80. The molecule has 19 heavy (non-hydrogen) atoms. The Bertz CT molecular complexity index is 431. The Morgan fingerprint density at radius 1 is 1.26 bits per heavy atom. The number of hydrogen-bond acceptors (Lipinski definition) is 2. The van der Waals surface area contributed by atoms with Crippen molar-refractivity contribution in [2.45, 2.75) is 52.4 Å². The van der Waals surface area contributed by atoms with Crippen LogP contribution in [-0.4, -0.2) is 12.4 Å². The van der Waals surface area contributed by atoms with Crippen LogP contribution in [0.4, 0.5) is 0 Å². The van der Waals surface area contributed by atoms with E-state index in [1.165, 1.54) is 32.1 Å². The fraction of sp³-hybridized carbons (Fsp3) is 0.588. The largest absolute Gasteiger partial charge is 0.493 e. The van der Waals surface area contributed by atoms with Crippen molar-refractivity contribution in [1.29, 1.82) is 0 Å². The highest BCUT2D eigenvalue weighted by Gasteiger charge is 2.14. The molecule has 1 aliphatic rings. The van der Waals surface area contributed by atoms with E-state index in [2.05, 4.69) is 0 Å². The van der Waals surface area contributed by atoms with Crippen molar-refractivity contribution in [3.8, 4) is 5.75 Å². The number of ether oxygens (including phenoxy) is 1. The second-order valence-electron chi connectivity index (χ2n) is 5.70. The molecule has 0 bridgehead atoms. The molecule has 1 fully saturated rings. The molecule has 0 amide bonds. The molecule has 0 aliphatic heterocycles. The number of benzene rings is 1. The summed E-state index contributed by atoms with van der Waals surface area (Å²) < 4.78 is 5.86. The third kappa shape index (κ3) is 4.09. The van der Waals surface area contributed by atoms with E-state index in [0.717, 1.165) is 30.3 Å². The quantitative estimate of drug-likeness (QED) is 0.726. The minimum Gasteiger partial charge on any atom is -0.493 e. The highest BCUT2D eigenvalue weighted by molar-refractivity contribution is 5.96. The van der Waals surface area contributed by atoms with Gasteiger partial charge < -0.3 is 4.74 Å². The fourth-order valence-corrected chi connectivity index (χ4v) is 2.85. The molecular weight excluding hydrogens is 236 g/mol. The number of carbonyl (C=O) groups is 1. The minimum absolute atomic E-state index is 0.0765. The Hall–Kier alpha value is -1.31. The van der Waals surface area contributed by atoms with E-state index in [4.69, 9.17) is 4.74 Å². The normalized spacial score (nSPS) is 16.3. The van der Waals surface area contributed by atoms with E-state index in [1.54, 1.807) is 6.92 Å². The Labute approximate surface area is 116 Å². The molecule has 2 nitrogen and oxygen atoms in total. The maximum absolute atomic E-state index is 11.6. The summed E-state index contributed by atoms with van der Waals surface area (Å²) >= 11 is 0. The molecule has 104 valence electrons. The molecule has 0 radical (unpaired) electrons. The van der Waals surface area contributed by atoms with Gasteiger partial charge in [0.2, 0.25) is 0 Å². The highest BCUT2D eigenvalue weighted by atomic mass is 16.5. The SMILES string of the molecule is CC(=O)c1ccc(C)cc1OCCC1CCCCC1. The van der Waals surface area contributed by atoms with E-state index in [1.807, 2.05) is 25.1 Å². The molecule has 0 aromatic heterocycles. The lowest BCUT2D eigenvalue weighted by atomic mass is 9.87. The van der Waals surface area contributed by atoms with Gasteiger partial charge in [0, 0.05) is 0 Å². The Balaban J connectivity index is 1.91. The number of rotatable bonds is 5. The van der Waals surface area contributed by atoms with Gasteiger partial charge in [-0.2, -0.15) is 0 Å². The number of carbonyl (C=O) groups excluding carboxylic acids is 1. The zero-order chi connectivity index (χ0) is 13.7. The first-order valence-electron chi connectivity index (χ1n) is 7.41. The summed E-state index contributed by atoms with van der Waals surface area (Å²) in [7, 11) is 0. The molecule has 0 heterocycles. The number of Topliss-reactive ketones (excluding diaryl/α,β-unsaturated/α-hetero) is 1. The maximum Gasteiger partial charge on any atom is 0.163 e. The second-order valence-corrected chi connectivity index (χ2v) is 5.70. The molecule has 1 aromatic rings. The van der Waals surface area contributed by atoms with E-state index in [-0.39, 0.29) is 5.78 Å². The van der Waals surface area contributed by atoms with Gasteiger partial charge in [0.1, 0.15) is 5.75 Å². The third-order valence-corrected chi connectivity index (χ3v) is 4.02. The molecule has 2 rings (SSSR count). The molecule has 0 N–H and O–H groups in total. The van der Waals surface area contributed by atoms with Gasteiger partial charge in [-0.1, -0.05) is 38.2 Å². The third-order valence-electron chi connectivity index (χ3n) is 4.02.